The number of aromatic nitrogens is 2. The van der Waals surface area contributed by atoms with E-state index >= 15 is 0 Å². The van der Waals surface area contributed by atoms with Gasteiger partial charge in [-0.3, -0.25) is 4.79 Å². The molecular formula is C30H28N6O3. The third-order valence-corrected chi connectivity index (χ3v) is 6.06. The molecule has 5 rings (SSSR count). The van der Waals surface area contributed by atoms with E-state index in [4.69, 9.17) is 4.42 Å². The highest BCUT2D eigenvalue weighted by Gasteiger charge is 2.22. The third kappa shape index (κ3) is 6.22. The summed E-state index contributed by atoms with van der Waals surface area (Å²) in [4.78, 5) is 33.3. The number of benzene rings is 3. The van der Waals surface area contributed by atoms with Crippen LogP contribution in [0.3, 0.4) is 0 Å². The van der Waals surface area contributed by atoms with E-state index in [2.05, 4.69) is 31.2 Å². The second-order valence-electron chi connectivity index (χ2n) is 8.80. The van der Waals surface area contributed by atoms with Crippen LogP contribution in [-0.2, 0) is 11.2 Å². The van der Waals surface area contributed by atoms with E-state index in [-0.39, 0.29) is 11.9 Å². The average molecular weight is 521 g/mol. The average Bonchev–Trinajstić information content (AvgIpc) is 3.34. The number of nitrogens with zero attached hydrogens (tertiary/aromatic N) is 2. The topological polar surface area (TPSA) is 121 Å². The van der Waals surface area contributed by atoms with Gasteiger partial charge in [-0.1, -0.05) is 67.6 Å². The third-order valence-electron chi connectivity index (χ3n) is 6.06. The summed E-state index contributed by atoms with van der Waals surface area (Å²) in [5.41, 5.74) is 4.28. The van der Waals surface area contributed by atoms with Crippen LogP contribution >= 0.6 is 0 Å². The van der Waals surface area contributed by atoms with Crippen molar-refractivity contribution >= 4 is 45.9 Å². The van der Waals surface area contributed by atoms with Crippen LogP contribution in [0.4, 0.5) is 27.7 Å². The fourth-order valence-electron chi connectivity index (χ4n) is 4.10. The first-order valence-electron chi connectivity index (χ1n) is 12.7. The number of amides is 3. The number of carbonyl (C=O) groups is 2. The number of nitrogens with one attached hydrogen (secondary N) is 4. The maximum Gasteiger partial charge on any atom is 0.323 e. The molecule has 3 aromatic carbocycles. The van der Waals surface area contributed by atoms with Crippen molar-refractivity contribution in [2.45, 2.75) is 19.8 Å². The standard InChI is InChI=1S/C30H28N6O3/c1-2-24(37)36-26-25-28(32-19-33-29(25)39-27(26)21-9-5-3-6-10-21)31-18-17-20-13-15-23(16-14-20)35-30(38)34-22-11-7-4-8-12-22/h3-16,19H,2,17-18H2,1H3,(H,36,37)(H,31,32,33)(H2,34,35,38). The predicted octanol–water partition coefficient (Wildman–Crippen LogP) is 6.54. The Bertz CT molecular complexity index is 1570. The molecule has 2 aromatic heterocycles. The van der Waals surface area contributed by atoms with Gasteiger partial charge in [-0.2, -0.15) is 0 Å². The van der Waals surface area contributed by atoms with Crippen molar-refractivity contribution in [1.82, 2.24) is 9.97 Å². The number of urea groups is 1. The molecule has 9 nitrogen and oxygen atoms in total. The van der Waals surface area contributed by atoms with Crippen LogP contribution in [-0.4, -0.2) is 28.5 Å². The van der Waals surface area contributed by atoms with Crippen LogP contribution in [0.25, 0.3) is 22.4 Å². The maximum absolute atomic E-state index is 12.4. The van der Waals surface area contributed by atoms with Gasteiger partial charge in [0, 0.05) is 29.9 Å². The van der Waals surface area contributed by atoms with Gasteiger partial charge in [0.2, 0.25) is 11.6 Å². The quantitative estimate of drug-likeness (QED) is 0.175. The van der Waals surface area contributed by atoms with Gasteiger partial charge in [0.25, 0.3) is 0 Å². The molecule has 0 fully saturated rings. The summed E-state index contributed by atoms with van der Waals surface area (Å²) in [5, 5.41) is 12.6. The van der Waals surface area contributed by atoms with Crippen LogP contribution in [0.5, 0.6) is 0 Å². The van der Waals surface area contributed by atoms with E-state index in [1.54, 1.807) is 6.92 Å². The molecule has 0 aliphatic carbocycles. The van der Waals surface area contributed by atoms with Gasteiger partial charge in [-0.25, -0.2) is 14.8 Å². The van der Waals surface area contributed by atoms with Gasteiger partial charge >= 0.3 is 6.03 Å². The van der Waals surface area contributed by atoms with Crippen molar-refractivity contribution < 1.29 is 14.0 Å². The molecule has 0 radical (unpaired) electrons. The Morgan fingerprint density at radius 3 is 2.15 bits per heavy atom. The molecule has 3 amide bonds. The maximum atomic E-state index is 12.4. The zero-order chi connectivity index (χ0) is 27.0. The monoisotopic (exact) mass is 520 g/mol. The first kappa shape index (κ1) is 25.5. The van der Waals surface area contributed by atoms with Crippen LogP contribution in [0.1, 0.15) is 18.9 Å². The lowest BCUT2D eigenvalue weighted by Crippen LogP contribution is -2.19. The summed E-state index contributed by atoms with van der Waals surface area (Å²) in [6.07, 6.45) is 2.48. The summed E-state index contributed by atoms with van der Waals surface area (Å²) in [5.74, 6) is 0.986. The second kappa shape index (κ2) is 11.9. The molecule has 2 heterocycles. The number of furan rings is 1. The molecule has 196 valence electrons. The fraction of sp³-hybridized carbons (Fsp3) is 0.133. The van der Waals surface area contributed by atoms with Crippen molar-refractivity contribution in [3.63, 3.8) is 0 Å². The molecule has 0 bridgehead atoms. The van der Waals surface area contributed by atoms with Crippen molar-refractivity contribution in [2.75, 3.05) is 27.8 Å². The van der Waals surface area contributed by atoms with E-state index in [1.165, 1.54) is 6.33 Å². The van der Waals surface area contributed by atoms with Gasteiger partial charge in [0.1, 0.15) is 23.2 Å². The molecule has 0 spiro atoms. The van der Waals surface area contributed by atoms with Gasteiger partial charge in [-0.15, -0.1) is 0 Å². The van der Waals surface area contributed by atoms with Gasteiger partial charge in [0.15, 0.2) is 5.76 Å². The van der Waals surface area contributed by atoms with E-state index < -0.39 is 0 Å². The number of fused-ring (bicyclic) bond motifs is 1. The molecule has 5 aromatic rings. The molecule has 0 unspecified atom stereocenters. The number of rotatable bonds is 9. The second-order valence-corrected chi connectivity index (χ2v) is 8.80. The van der Waals surface area contributed by atoms with E-state index in [1.807, 2.05) is 84.9 Å². The Kier molecular flexibility index (Phi) is 7.78. The number of hydrogen-bond donors (Lipinski definition) is 4. The number of anilines is 4. The first-order valence-corrected chi connectivity index (χ1v) is 12.7. The lowest BCUT2D eigenvalue weighted by atomic mass is 10.1. The Morgan fingerprint density at radius 2 is 1.46 bits per heavy atom. The summed E-state index contributed by atoms with van der Waals surface area (Å²) in [7, 11) is 0. The number of hydrogen-bond acceptors (Lipinski definition) is 6. The molecule has 4 N–H and O–H groups in total. The van der Waals surface area contributed by atoms with Crippen LogP contribution in [0, 0.1) is 0 Å². The Labute approximate surface area is 225 Å². The highest BCUT2D eigenvalue weighted by Crippen LogP contribution is 2.40. The molecule has 0 atom stereocenters. The number of carbonyl (C=O) groups excluding carboxylic acids is 2. The van der Waals surface area contributed by atoms with Gasteiger partial charge in [-0.05, 0) is 36.2 Å². The predicted molar refractivity (Wildman–Crippen MR) is 154 cm³/mol. The molecule has 0 saturated carbocycles. The van der Waals surface area contributed by atoms with E-state index in [0.29, 0.717) is 53.4 Å². The molecule has 0 aliphatic rings. The lowest BCUT2D eigenvalue weighted by molar-refractivity contribution is -0.115. The van der Waals surface area contributed by atoms with Gasteiger partial charge < -0.3 is 25.7 Å². The molecular weight excluding hydrogens is 492 g/mol. The van der Waals surface area contributed by atoms with Crippen molar-refractivity contribution in [3.8, 4) is 11.3 Å². The minimum Gasteiger partial charge on any atom is -0.435 e. The molecule has 0 aliphatic heterocycles. The molecule has 9 heteroatoms. The van der Waals surface area contributed by atoms with Crippen molar-refractivity contribution in [1.29, 1.82) is 0 Å². The number of para-hydroxylation sites is 1. The molecule has 0 saturated heterocycles. The summed E-state index contributed by atoms with van der Waals surface area (Å²) in [6, 6.07) is 26.2. The zero-order valence-corrected chi connectivity index (χ0v) is 21.4. The Morgan fingerprint density at radius 1 is 0.795 bits per heavy atom. The summed E-state index contributed by atoms with van der Waals surface area (Å²) in [6.45, 7) is 2.38. The Balaban J connectivity index is 1.27. The minimum absolute atomic E-state index is 0.129. The largest absolute Gasteiger partial charge is 0.435 e. The van der Waals surface area contributed by atoms with Crippen LogP contribution < -0.4 is 21.3 Å². The highest BCUT2D eigenvalue weighted by atomic mass is 16.3. The normalized spacial score (nSPS) is 10.7. The summed E-state index contributed by atoms with van der Waals surface area (Å²) < 4.78 is 6.07. The highest BCUT2D eigenvalue weighted by molar-refractivity contribution is 6.09. The van der Waals surface area contributed by atoms with Gasteiger partial charge in [0.05, 0.1) is 0 Å². The minimum atomic E-state index is -0.302. The van der Waals surface area contributed by atoms with Crippen molar-refractivity contribution in [3.05, 3.63) is 96.8 Å². The van der Waals surface area contributed by atoms with Crippen LogP contribution in [0.15, 0.2) is 95.7 Å². The van der Waals surface area contributed by atoms with Crippen LogP contribution in [0.2, 0.25) is 0 Å². The van der Waals surface area contributed by atoms with E-state index in [9.17, 15) is 9.59 Å². The molecule has 39 heavy (non-hydrogen) atoms. The Hall–Kier alpha value is -5.18. The fourth-order valence-corrected chi connectivity index (χ4v) is 4.10. The first-order chi connectivity index (χ1) is 19.1. The zero-order valence-electron chi connectivity index (χ0n) is 21.4. The summed E-state index contributed by atoms with van der Waals surface area (Å²) >= 11 is 0. The smallest absolute Gasteiger partial charge is 0.323 e. The SMILES string of the molecule is CCC(=O)Nc1c(-c2ccccc2)oc2ncnc(NCCc3ccc(NC(=O)Nc4ccccc4)cc3)c12. The van der Waals surface area contributed by atoms with E-state index in [0.717, 1.165) is 16.8 Å². The van der Waals surface area contributed by atoms with Crippen molar-refractivity contribution in [2.24, 2.45) is 0 Å². The lowest BCUT2D eigenvalue weighted by Gasteiger charge is -2.10.